The molecule has 1 amide bonds. The highest BCUT2D eigenvalue weighted by Crippen LogP contribution is 2.19. The number of hydrogen-bond donors (Lipinski definition) is 1. The van der Waals surface area contributed by atoms with Gasteiger partial charge in [-0.1, -0.05) is 6.92 Å². The number of nitrogens with one attached hydrogen (secondary N) is 1. The number of ether oxygens (including phenoxy) is 1. The summed E-state index contributed by atoms with van der Waals surface area (Å²) in [4.78, 5) is 11.1. The van der Waals surface area contributed by atoms with E-state index in [0.29, 0.717) is 16.8 Å². The fourth-order valence-corrected chi connectivity index (χ4v) is 1.17. The number of carbonyl (C=O) groups excluding carboxylic acids is 1. The normalized spacial score (nSPS) is 9.80. The van der Waals surface area contributed by atoms with Crippen LogP contribution in [0.5, 0.6) is 0 Å². The lowest BCUT2D eigenvalue weighted by molar-refractivity contribution is 0.161. The maximum Gasteiger partial charge on any atom is 0.411 e. The molecule has 0 aliphatic heterocycles. The summed E-state index contributed by atoms with van der Waals surface area (Å²) in [6.45, 7) is 2.25. The average Bonchev–Trinajstić information content (AvgIpc) is 2.20. The second kappa shape index (κ2) is 5.70. The van der Waals surface area contributed by atoms with Gasteiger partial charge in [-0.05, 0) is 40.5 Å². The lowest BCUT2D eigenvalue weighted by Gasteiger charge is -2.06. The third kappa shape index (κ3) is 3.87. The predicted octanol–water partition coefficient (Wildman–Crippen LogP) is 3.55. The van der Waals surface area contributed by atoms with Crippen LogP contribution in [-0.4, -0.2) is 12.7 Å². The van der Waals surface area contributed by atoms with Crippen LogP contribution < -0.4 is 5.32 Å². The van der Waals surface area contributed by atoms with Crippen molar-refractivity contribution in [2.45, 2.75) is 13.3 Å². The quantitative estimate of drug-likeness (QED) is 0.916. The van der Waals surface area contributed by atoms with Crippen LogP contribution in [0.2, 0.25) is 0 Å². The van der Waals surface area contributed by atoms with Gasteiger partial charge in [0.15, 0.2) is 0 Å². The van der Waals surface area contributed by atoms with E-state index < -0.39 is 11.9 Å². The Bertz CT molecular complexity index is 357. The smallest absolute Gasteiger partial charge is 0.411 e. The maximum atomic E-state index is 13.0. The first-order valence-corrected chi connectivity index (χ1v) is 5.31. The van der Waals surface area contributed by atoms with Gasteiger partial charge in [-0.3, -0.25) is 5.32 Å². The second-order valence-corrected chi connectivity index (χ2v) is 3.74. The van der Waals surface area contributed by atoms with Crippen molar-refractivity contribution in [2.24, 2.45) is 0 Å². The molecule has 15 heavy (non-hydrogen) atoms. The number of carbonyl (C=O) groups is 1. The molecule has 5 heteroatoms. The van der Waals surface area contributed by atoms with Gasteiger partial charge in [-0.25, -0.2) is 9.18 Å². The molecule has 82 valence electrons. The van der Waals surface area contributed by atoms with Crippen LogP contribution in [-0.2, 0) is 4.74 Å². The van der Waals surface area contributed by atoms with Crippen molar-refractivity contribution in [2.75, 3.05) is 11.9 Å². The lowest BCUT2D eigenvalue weighted by atomic mass is 10.3. The van der Waals surface area contributed by atoms with Gasteiger partial charge in [-0.2, -0.15) is 0 Å². The predicted molar refractivity (Wildman–Crippen MR) is 59.4 cm³/mol. The molecule has 1 N–H and O–H groups in total. The number of halogens is 2. The summed E-state index contributed by atoms with van der Waals surface area (Å²) in [6, 6.07) is 4.32. The van der Waals surface area contributed by atoms with Gasteiger partial charge < -0.3 is 4.74 Å². The second-order valence-electron chi connectivity index (χ2n) is 2.89. The van der Waals surface area contributed by atoms with Crippen LogP contribution in [0, 0.1) is 5.82 Å². The minimum absolute atomic E-state index is 0.352. The SMILES string of the molecule is CCCOC(=O)Nc1ccc(Br)c(F)c1. The minimum Gasteiger partial charge on any atom is -0.449 e. The van der Waals surface area contributed by atoms with Crippen LogP contribution in [0.1, 0.15) is 13.3 Å². The van der Waals surface area contributed by atoms with Crippen molar-refractivity contribution >= 4 is 27.7 Å². The van der Waals surface area contributed by atoms with Crippen LogP contribution in [0.4, 0.5) is 14.9 Å². The summed E-state index contributed by atoms with van der Waals surface area (Å²) < 4.78 is 18.2. The molecule has 0 atom stereocenters. The molecule has 1 aromatic carbocycles. The molecule has 0 heterocycles. The average molecular weight is 276 g/mol. The molecule has 0 radical (unpaired) electrons. The van der Waals surface area contributed by atoms with Crippen molar-refractivity contribution in [3.05, 3.63) is 28.5 Å². The Balaban J connectivity index is 2.57. The van der Waals surface area contributed by atoms with Gasteiger partial charge in [0, 0.05) is 5.69 Å². The molecule has 1 rings (SSSR count). The molecule has 0 spiro atoms. The third-order valence-electron chi connectivity index (χ3n) is 1.60. The first kappa shape index (κ1) is 12.0. The van der Waals surface area contributed by atoms with Crippen LogP contribution in [0.3, 0.4) is 0 Å². The first-order valence-electron chi connectivity index (χ1n) is 4.52. The Morgan fingerprint density at radius 2 is 2.33 bits per heavy atom. The Morgan fingerprint density at radius 3 is 2.93 bits per heavy atom. The standard InChI is InChI=1S/C10H11BrFNO2/c1-2-5-15-10(14)13-7-3-4-8(11)9(12)6-7/h3-4,6H,2,5H2,1H3,(H,13,14). The number of benzene rings is 1. The van der Waals surface area contributed by atoms with E-state index in [2.05, 4.69) is 21.2 Å². The van der Waals surface area contributed by atoms with Crippen molar-refractivity contribution in [3.8, 4) is 0 Å². The van der Waals surface area contributed by atoms with E-state index in [4.69, 9.17) is 4.74 Å². The van der Waals surface area contributed by atoms with Crippen LogP contribution >= 0.6 is 15.9 Å². The molecule has 0 aliphatic rings. The van der Waals surface area contributed by atoms with E-state index in [1.807, 2.05) is 6.92 Å². The highest BCUT2D eigenvalue weighted by Gasteiger charge is 2.04. The molecule has 0 bridgehead atoms. The Hall–Kier alpha value is -1.10. The van der Waals surface area contributed by atoms with Gasteiger partial charge in [-0.15, -0.1) is 0 Å². The van der Waals surface area contributed by atoms with Gasteiger partial charge in [0.25, 0.3) is 0 Å². The molecule has 0 unspecified atom stereocenters. The van der Waals surface area contributed by atoms with Crippen molar-refractivity contribution in [3.63, 3.8) is 0 Å². The number of amides is 1. The summed E-state index contributed by atoms with van der Waals surface area (Å²) in [5, 5.41) is 2.42. The molecule has 3 nitrogen and oxygen atoms in total. The highest BCUT2D eigenvalue weighted by atomic mass is 79.9. The summed E-state index contributed by atoms with van der Waals surface area (Å²) in [5.41, 5.74) is 0.372. The fourth-order valence-electron chi connectivity index (χ4n) is 0.923. The number of rotatable bonds is 3. The number of anilines is 1. The fraction of sp³-hybridized carbons (Fsp3) is 0.300. The van der Waals surface area contributed by atoms with Gasteiger partial charge in [0.05, 0.1) is 11.1 Å². The lowest BCUT2D eigenvalue weighted by Crippen LogP contribution is -2.14. The van der Waals surface area contributed by atoms with Crippen molar-refractivity contribution < 1.29 is 13.9 Å². The molecule has 0 aromatic heterocycles. The molecule has 0 saturated heterocycles. The summed E-state index contributed by atoms with van der Waals surface area (Å²) in [7, 11) is 0. The van der Waals surface area contributed by atoms with Gasteiger partial charge in [0.1, 0.15) is 5.82 Å². The molecule has 0 fully saturated rings. The van der Waals surface area contributed by atoms with Gasteiger partial charge in [0.2, 0.25) is 0 Å². The van der Waals surface area contributed by atoms with E-state index in [0.717, 1.165) is 6.42 Å². The van der Waals surface area contributed by atoms with E-state index in [9.17, 15) is 9.18 Å². The zero-order valence-corrected chi connectivity index (χ0v) is 9.80. The first-order chi connectivity index (χ1) is 7.13. The topological polar surface area (TPSA) is 38.3 Å². The van der Waals surface area contributed by atoms with E-state index in [-0.39, 0.29) is 0 Å². The molecule has 0 saturated carbocycles. The van der Waals surface area contributed by atoms with E-state index in [1.54, 1.807) is 6.07 Å². The van der Waals surface area contributed by atoms with E-state index >= 15 is 0 Å². The largest absolute Gasteiger partial charge is 0.449 e. The molecular weight excluding hydrogens is 265 g/mol. The minimum atomic E-state index is -0.571. The summed E-state index contributed by atoms with van der Waals surface area (Å²) in [5.74, 6) is -0.428. The Morgan fingerprint density at radius 1 is 1.60 bits per heavy atom. The number of hydrogen-bond acceptors (Lipinski definition) is 2. The van der Waals surface area contributed by atoms with Gasteiger partial charge >= 0.3 is 6.09 Å². The van der Waals surface area contributed by atoms with Crippen molar-refractivity contribution in [1.29, 1.82) is 0 Å². The van der Waals surface area contributed by atoms with Crippen LogP contribution in [0.15, 0.2) is 22.7 Å². The molecule has 1 aromatic rings. The third-order valence-corrected chi connectivity index (χ3v) is 2.25. The van der Waals surface area contributed by atoms with E-state index in [1.165, 1.54) is 12.1 Å². The Kier molecular flexibility index (Phi) is 4.55. The zero-order chi connectivity index (χ0) is 11.3. The zero-order valence-electron chi connectivity index (χ0n) is 8.22. The summed E-state index contributed by atoms with van der Waals surface area (Å²) in [6.07, 6.45) is 0.181. The molecular formula is C10H11BrFNO2. The Labute approximate surface area is 95.7 Å². The maximum absolute atomic E-state index is 13.0. The molecule has 0 aliphatic carbocycles. The van der Waals surface area contributed by atoms with Crippen LogP contribution in [0.25, 0.3) is 0 Å². The monoisotopic (exact) mass is 275 g/mol. The summed E-state index contributed by atoms with van der Waals surface area (Å²) >= 11 is 3.02. The van der Waals surface area contributed by atoms with Crippen molar-refractivity contribution in [1.82, 2.24) is 0 Å². The highest BCUT2D eigenvalue weighted by molar-refractivity contribution is 9.10.